The standard InChI is InChI=1S/C23H26BrN3O3S.ClH/c24-18-6-8-19(9-7-18)31(28,29)26-11-1-2-12-27-13-3-4-20-21-14-17(15-25)5-10-23(21)30-16-22(20)27;/h5-10,14,20,22,26H,1-4,11-13,16H2;1H. The van der Waals surface area contributed by atoms with E-state index in [1.54, 1.807) is 24.3 Å². The highest BCUT2D eigenvalue weighted by atomic mass is 79.9. The molecule has 2 atom stereocenters. The fraction of sp³-hybridized carbons (Fsp3) is 0.435. The molecule has 0 bridgehead atoms. The van der Waals surface area contributed by atoms with E-state index >= 15 is 0 Å². The molecule has 1 fully saturated rings. The molecule has 4 rings (SSSR count). The van der Waals surface area contributed by atoms with Crippen molar-refractivity contribution in [3.05, 3.63) is 58.1 Å². The number of hydrogen-bond donors (Lipinski definition) is 1. The second-order valence-electron chi connectivity index (χ2n) is 8.09. The number of halogens is 2. The van der Waals surface area contributed by atoms with E-state index in [2.05, 4.69) is 31.6 Å². The second-order valence-corrected chi connectivity index (χ2v) is 10.8. The molecule has 9 heteroatoms. The summed E-state index contributed by atoms with van der Waals surface area (Å²) in [5.74, 6) is 1.30. The second kappa shape index (κ2) is 11.0. The lowest BCUT2D eigenvalue weighted by Crippen LogP contribution is -2.49. The zero-order valence-corrected chi connectivity index (χ0v) is 20.9. The summed E-state index contributed by atoms with van der Waals surface area (Å²) >= 11 is 3.32. The Morgan fingerprint density at radius 2 is 1.97 bits per heavy atom. The Balaban J connectivity index is 0.00000289. The third-order valence-electron chi connectivity index (χ3n) is 6.13. The molecule has 32 heavy (non-hydrogen) atoms. The van der Waals surface area contributed by atoms with Crippen LogP contribution in [0.5, 0.6) is 5.75 Å². The van der Waals surface area contributed by atoms with Gasteiger partial charge in [-0.05, 0) is 81.2 Å². The van der Waals surface area contributed by atoms with Crippen LogP contribution in [0, 0.1) is 11.3 Å². The van der Waals surface area contributed by atoms with Crippen LogP contribution >= 0.6 is 28.3 Å². The predicted molar refractivity (Wildman–Crippen MR) is 130 cm³/mol. The average Bonchev–Trinajstić information content (AvgIpc) is 2.78. The maximum Gasteiger partial charge on any atom is 0.240 e. The smallest absolute Gasteiger partial charge is 0.240 e. The van der Waals surface area contributed by atoms with Gasteiger partial charge in [0.2, 0.25) is 10.0 Å². The Labute approximate surface area is 204 Å². The van der Waals surface area contributed by atoms with Gasteiger partial charge in [0.1, 0.15) is 12.4 Å². The summed E-state index contributed by atoms with van der Waals surface area (Å²) < 4.78 is 34.3. The molecule has 0 saturated carbocycles. The van der Waals surface area contributed by atoms with Crippen LogP contribution in [0.25, 0.3) is 0 Å². The summed E-state index contributed by atoms with van der Waals surface area (Å²) in [5.41, 5.74) is 1.83. The average molecular weight is 541 g/mol. The SMILES string of the molecule is Cl.N#Cc1ccc2c(c1)C1CCCN(CCCCNS(=O)(=O)c3ccc(Br)cc3)C1CO2. The first kappa shape index (κ1) is 25.0. The molecule has 0 aliphatic carbocycles. The fourth-order valence-corrected chi connectivity index (χ4v) is 5.89. The van der Waals surface area contributed by atoms with Crippen LogP contribution < -0.4 is 9.46 Å². The highest BCUT2D eigenvalue weighted by Crippen LogP contribution is 2.41. The lowest BCUT2D eigenvalue weighted by atomic mass is 9.81. The van der Waals surface area contributed by atoms with E-state index < -0.39 is 10.0 Å². The van der Waals surface area contributed by atoms with Crippen molar-refractivity contribution in [2.45, 2.75) is 42.5 Å². The van der Waals surface area contributed by atoms with Crippen LogP contribution in [0.2, 0.25) is 0 Å². The van der Waals surface area contributed by atoms with Gasteiger partial charge in [-0.2, -0.15) is 5.26 Å². The number of fused-ring (bicyclic) bond motifs is 3. The minimum atomic E-state index is -3.47. The number of ether oxygens (including phenoxy) is 1. The Bertz CT molecular complexity index is 1070. The molecule has 2 heterocycles. The molecule has 2 unspecified atom stereocenters. The maximum atomic E-state index is 12.4. The Kier molecular flexibility index (Phi) is 8.59. The monoisotopic (exact) mass is 539 g/mol. The number of rotatable bonds is 7. The number of benzene rings is 2. The van der Waals surface area contributed by atoms with Gasteiger partial charge in [-0.25, -0.2) is 13.1 Å². The van der Waals surface area contributed by atoms with Gasteiger partial charge in [0.15, 0.2) is 0 Å². The van der Waals surface area contributed by atoms with Gasteiger partial charge < -0.3 is 4.74 Å². The van der Waals surface area contributed by atoms with E-state index in [9.17, 15) is 13.7 Å². The van der Waals surface area contributed by atoms with E-state index in [0.29, 0.717) is 30.7 Å². The largest absolute Gasteiger partial charge is 0.492 e. The third-order valence-corrected chi connectivity index (χ3v) is 8.14. The first-order chi connectivity index (χ1) is 15.0. The summed E-state index contributed by atoms with van der Waals surface area (Å²) in [5, 5.41) is 9.24. The topological polar surface area (TPSA) is 82.4 Å². The molecule has 2 aromatic carbocycles. The van der Waals surface area contributed by atoms with Gasteiger partial charge >= 0.3 is 0 Å². The summed E-state index contributed by atoms with van der Waals surface area (Å²) in [7, 11) is -3.47. The van der Waals surface area contributed by atoms with Crippen LogP contribution in [0.3, 0.4) is 0 Å². The summed E-state index contributed by atoms with van der Waals surface area (Å²) in [4.78, 5) is 2.75. The Hall–Kier alpha value is -1.63. The van der Waals surface area contributed by atoms with E-state index in [0.717, 1.165) is 54.6 Å². The van der Waals surface area contributed by atoms with Gasteiger partial charge in [-0.1, -0.05) is 15.9 Å². The van der Waals surface area contributed by atoms with Crippen LogP contribution in [0.1, 0.15) is 42.7 Å². The van der Waals surface area contributed by atoms with Crippen molar-refractivity contribution in [2.75, 3.05) is 26.2 Å². The predicted octanol–water partition coefficient (Wildman–Crippen LogP) is 4.44. The summed E-state index contributed by atoms with van der Waals surface area (Å²) in [6.07, 6.45) is 3.92. The maximum absolute atomic E-state index is 12.4. The molecule has 2 aliphatic rings. The van der Waals surface area contributed by atoms with E-state index in [-0.39, 0.29) is 17.3 Å². The third kappa shape index (κ3) is 5.64. The van der Waals surface area contributed by atoms with Crippen molar-refractivity contribution < 1.29 is 13.2 Å². The number of hydrogen-bond acceptors (Lipinski definition) is 5. The molecule has 0 radical (unpaired) electrons. The molecule has 172 valence electrons. The van der Waals surface area contributed by atoms with Crippen molar-refractivity contribution in [1.82, 2.24) is 9.62 Å². The molecule has 0 aromatic heterocycles. The molecule has 2 aromatic rings. The van der Waals surface area contributed by atoms with E-state index in [1.165, 1.54) is 0 Å². The minimum Gasteiger partial charge on any atom is -0.492 e. The van der Waals surface area contributed by atoms with Crippen LogP contribution in [-0.4, -0.2) is 45.6 Å². The molecule has 0 spiro atoms. The fourth-order valence-electron chi connectivity index (χ4n) is 4.55. The lowest BCUT2D eigenvalue weighted by molar-refractivity contribution is 0.0646. The highest BCUT2D eigenvalue weighted by molar-refractivity contribution is 9.10. The molecule has 1 saturated heterocycles. The van der Waals surface area contributed by atoms with E-state index in [4.69, 9.17) is 4.74 Å². The van der Waals surface area contributed by atoms with Gasteiger partial charge in [-0.15, -0.1) is 12.4 Å². The van der Waals surface area contributed by atoms with Crippen LogP contribution in [-0.2, 0) is 10.0 Å². The number of nitrogens with one attached hydrogen (secondary N) is 1. The lowest BCUT2D eigenvalue weighted by Gasteiger charge is -2.44. The Morgan fingerprint density at radius 3 is 2.72 bits per heavy atom. The first-order valence-electron chi connectivity index (χ1n) is 10.6. The highest BCUT2D eigenvalue weighted by Gasteiger charge is 2.37. The number of sulfonamides is 1. The van der Waals surface area contributed by atoms with Crippen molar-refractivity contribution in [1.29, 1.82) is 5.26 Å². The number of nitriles is 1. The molecular weight excluding hydrogens is 514 g/mol. The van der Waals surface area contributed by atoms with Gasteiger partial charge in [0, 0.05) is 22.5 Å². The van der Waals surface area contributed by atoms with Crippen molar-refractivity contribution >= 4 is 38.4 Å². The van der Waals surface area contributed by atoms with Gasteiger partial charge in [0.25, 0.3) is 0 Å². The molecular formula is C23H27BrClN3O3S. The van der Waals surface area contributed by atoms with Crippen LogP contribution in [0.4, 0.5) is 0 Å². The normalized spacial score (nSPS) is 20.2. The molecule has 6 nitrogen and oxygen atoms in total. The number of nitrogens with zero attached hydrogens (tertiary/aromatic N) is 2. The van der Waals surface area contributed by atoms with Gasteiger partial charge in [-0.3, -0.25) is 4.90 Å². The molecule has 2 aliphatic heterocycles. The zero-order valence-electron chi connectivity index (χ0n) is 17.7. The van der Waals surface area contributed by atoms with E-state index in [1.807, 2.05) is 18.2 Å². The van der Waals surface area contributed by atoms with Crippen LogP contribution in [0.15, 0.2) is 51.8 Å². The van der Waals surface area contributed by atoms with Crippen molar-refractivity contribution in [3.63, 3.8) is 0 Å². The van der Waals surface area contributed by atoms with Crippen molar-refractivity contribution in [3.8, 4) is 11.8 Å². The quantitative estimate of drug-likeness (QED) is 0.525. The zero-order chi connectivity index (χ0) is 21.8. The van der Waals surface area contributed by atoms with Gasteiger partial charge in [0.05, 0.1) is 22.6 Å². The Morgan fingerprint density at radius 1 is 1.19 bits per heavy atom. The number of unbranched alkanes of at least 4 members (excludes halogenated alkanes) is 1. The summed E-state index contributed by atoms with van der Waals surface area (Å²) in [6, 6.07) is 14.9. The summed E-state index contributed by atoms with van der Waals surface area (Å²) in [6.45, 7) is 3.03. The first-order valence-corrected chi connectivity index (χ1v) is 12.9. The number of likely N-dealkylation sites (tertiary alicyclic amines) is 1. The molecule has 0 amide bonds. The number of piperidine rings is 1. The molecule has 1 N–H and O–H groups in total. The van der Waals surface area contributed by atoms with Crippen molar-refractivity contribution in [2.24, 2.45) is 0 Å². The minimum absolute atomic E-state index is 0.